The van der Waals surface area contributed by atoms with Gasteiger partial charge in [-0.15, -0.1) is 0 Å². The van der Waals surface area contributed by atoms with E-state index in [4.69, 9.17) is 22.7 Å². The summed E-state index contributed by atoms with van der Waals surface area (Å²) in [6, 6.07) is 9.33. The van der Waals surface area contributed by atoms with Crippen LogP contribution in [0.2, 0.25) is 0 Å². The highest BCUT2D eigenvalue weighted by molar-refractivity contribution is 7.80. The molecule has 0 spiro atoms. The third kappa shape index (κ3) is 3.80. The number of ether oxygens (including phenoxy) is 1. The first-order valence-corrected chi connectivity index (χ1v) is 7.90. The fraction of sp³-hybridized carbons (Fsp3) is 0.235. The minimum Gasteiger partial charge on any atom is -0.462 e. The van der Waals surface area contributed by atoms with Crippen LogP contribution in [0.15, 0.2) is 35.4 Å². The number of nitrogens with two attached hydrogens (primary N) is 1. The Balaban J connectivity index is 2.47. The summed E-state index contributed by atoms with van der Waals surface area (Å²) in [4.78, 5) is 12.2. The molecule has 1 heterocycles. The molecule has 0 saturated heterocycles. The number of hydrazone groups is 1. The molecule has 0 radical (unpaired) electrons. The number of carbonyl (C=O) groups is 1. The van der Waals surface area contributed by atoms with Gasteiger partial charge in [-0.05, 0) is 51.2 Å². The highest BCUT2D eigenvalue weighted by atomic mass is 32.1. The lowest BCUT2D eigenvalue weighted by atomic mass is 10.1. The summed E-state index contributed by atoms with van der Waals surface area (Å²) >= 11 is 4.72. The summed E-state index contributed by atoms with van der Waals surface area (Å²) in [6.07, 6.45) is 1.64. The van der Waals surface area contributed by atoms with Crippen LogP contribution in [-0.2, 0) is 4.74 Å². The molecule has 3 N–H and O–H groups in total. The summed E-state index contributed by atoms with van der Waals surface area (Å²) in [7, 11) is 0. The van der Waals surface area contributed by atoms with Crippen molar-refractivity contribution in [2.75, 3.05) is 6.61 Å². The maximum Gasteiger partial charge on any atom is 0.340 e. The van der Waals surface area contributed by atoms with Gasteiger partial charge in [0.05, 0.1) is 24.1 Å². The summed E-state index contributed by atoms with van der Waals surface area (Å²) in [5.41, 5.74) is 12.0. The monoisotopic (exact) mass is 344 g/mol. The standard InChI is InChI=1S/C17H20N4O2S/c1-4-23-16(22)14-7-5-6-8-15(14)21-11(2)9-13(12(21)3)10-19-20-17(18)24/h5-10H,4H2,1-3H3,(H3,18,20,24). The van der Waals surface area contributed by atoms with E-state index in [1.165, 1.54) is 0 Å². The van der Waals surface area contributed by atoms with Gasteiger partial charge in [0, 0.05) is 17.0 Å². The second-order valence-corrected chi connectivity index (χ2v) is 5.57. The van der Waals surface area contributed by atoms with Crippen LogP contribution < -0.4 is 11.2 Å². The topological polar surface area (TPSA) is 81.6 Å². The zero-order chi connectivity index (χ0) is 17.7. The van der Waals surface area contributed by atoms with Crippen molar-refractivity contribution in [3.63, 3.8) is 0 Å². The maximum atomic E-state index is 12.2. The fourth-order valence-corrected chi connectivity index (χ4v) is 2.56. The Morgan fingerprint density at radius 3 is 2.79 bits per heavy atom. The van der Waals surface area contributed by atoms with Crippen LogP contribution in [0.5, 0.6) is 0 Å². The van der Waals surface area contributed by atoms with Crippen molar-refractivity contribution < 1.29 is 9.53 Å². The van der Waals surface area contributed by atoms with E-state index < -0.39 is 0 Å². The minimum absolute atomic E-state index is 0.104. The van der Waals surface area contributed by atoms with Crippen LogP contribution in [0.4, 0.5) is 0 Å². The molecule has 6 nitrogen and oxygen atoms in total. The molecule has 1 aromatic heterocycles. The van der Waals surface area contributed by atoms with Gasteiger partial charge in [-0.3, -0.25) is 5.43 Å². The van der Waals surface area contributed by atoms with E-state index in [2.05, 4.69) is 10.5 Å². The molecule has 126 valence electrons. The lowest BCUT2D eigenvalue weighted by Gasteiger charge is -2.14. The molecule has 0 amide bonds. The number of esters is 1. The number of carbonyl (C=O) groups excluding carboxylic acids is 1. The second kappa shape index (κ2) is 7.74. The Morgan fingerprint density at radius 1 is 1.42 bits per heavy atom. The normalized spacial score (nSPS) is 10.8. The van der Waals surface area contributed by atoms with Gasteiger partial charge in [0.25, 0.3) is 0 Å². The van der Waals surface area contributed by atoms with Gasteiger partial charge in [0.15, 0.2) is 5.11 Å². The molecule has 0 aliphatic heterocycles. The number of aromatic nitrogens is 1. The lowest BCUT2D eigenvalue weighted by Crippen LogP contribution is -2.24. The smallest absolute Gasteiger partial charge is 0.340 e. The Kier molecular flexibility index (Phi) is 5.70. The van der Waals surface area contributed by atoms with Crippen molar-refractivity contribution in [1.82, 2.24) is 9.99 Å². The Bertz CT molecular complexity index is 796. The summed E-state index contributed by atoms with van der Waals surface area (Å²) in [6.45, 7) is 6.04. The molecular formula is C17H20N4O2S. The average Bonchev–Trinajstić information content (AvgIpc) is 2.81. The van der Waals surface area contributed by atoms with Crippen LogP contribution in [0.25, 0.3) is 5.69 Å². The van der Waals surface area contributed by atoms with Gasteiger partial charge >= 0.3 is 5.97 Å². The molecule has 0 fully saturated rings. The largest absolute Gasteiger partial charge is 0.462 e. The van der Waals surface area contributed by atoms with E-state index in [0.29, 0.717) is 12.2 Å². The molecule has 24 heavy (non-hydrogen) atoms. The van der Waals surface area contributed by atoms with Crippen LogP contribution >= 0.6 is 12.2 Å². The van der Waals surface area contributed by atoms with Crippen molar-refractivity contribution >= 4 is 29.5 Å². The average molecular weight is 344 g/mol. The fourth-order valence-electron chi connectivity index (χ4n) is 2.50. The molecule has 0 bridgehead atoms. The molecule has 1 aromatic carbocycles. The number of hydrogen-bond acceptors (Lipinski definition) is 4. The quantitative estimate of drug-likeness (QED) is 0.377. The SMILES string of the molecule is CCOC(=O)c1ccccc1-n1c(C)cc(C=NNC(N)=S)c1C. The molecule has 0 saturated carbocycles. The van der Waals surface area contributed by atoms with E-state index in [0.717, 1.165) is 22.6 Å². The van der Waals surface area contributed by atoms with Gasteiger partial charge in [0.1, 0.15) is 0 Å². The van der Waals surface area contributed by atoms with Crippen molar-refractivity contribution in [2.24, 2.45) is 10.8 Å². The van der Waals surface area contributed by atoms with Crippen LogP contribution in [0.3, 0.4) is 0 Å². The molecule has 0 unspecified atom stereocenters. The summed E-state index contributed by atoms with van der Waals surface area (Å²) in [5.74, 6) is -0.342. The first-order chi connectivity index (χ1) is 11.5. The molecule has 7 heteroatoms. The van der Waals surface area contributed by atoms with E-state index in [9.17, 15) is 4.79 Å². The van der Waals surface area contributed by atoms with Crippen molar-refractivity contribution in [2.45, 2.75) is 20.8 Å². The van der Waals surface area contributed by atoms with E-state index >= 15 is 0 Å². The number of para-hydroxylation sites is 1. The van der Waals surface area contributed by atoms with Crippen LogP contribution in [0, 0.1) is 13.8 Å². The van der Waals surface area contributed by atoms with Crippen LogP contribution in [0.1, 0.15) is 34.2 Å². The molecule has 2 rings (SSSR count). The first-order valence-electron chi connectivity index (χ1n) is 7.49. The number of benzene rings is 1. The third-order valence-corrected chi connectivity index (χ3v) is 3.58. The zero-order valence-electron chi connectivity index (χ0n) is 13.9. The number of rotatable bonds is 5. The number of nitrogens with one attached hydrogen (secondary N) is 1. The molecular weight excluding hydrogens is 324 g/mol. The summed E-state index contributed by atoms with van der Waals surface area (Å²) < 4.78 is 7.15. The molecule has 0 atom stereocenters. The van der Waals surface area contributed by atoms with E-state index in [1.54, 1.807) is 19.2 Å². The van der Waals surface area contributed by atoms with Gasteiger partial charge < -0.3 is 15.0 Å². The highest BCUT2D eigenvalue weighted by Gasteiger charge is 2.17. The number of hydrogen-bond donors (Lipinski definition) is 2. The summed E-state index contributed by atoms with van der Waals surface area (Å²) in [5, 5.41) is 4.10. The number of nitrogens with zero attached hydrogens (tertiary/aromatic N) is 2. The zero-order valence-corrected chi connectivity index (χ0v) is 14.7. The van der Waals surface area contributed by atoms with E-state index in [-0.39, 0.29) is 11.1 Å². The molecule has 0 aliphatic rings. The maximum absolute atomic E-state index is 12.2. The molecule has 0 aliphatic carbocycles. The van der Waals surface area contributed by atoms with Crippen LogP contribution in [-0.4, -0.2) is 28.5 Å². The van der Waals surface area contributed by atoms with Gasteiger partial charge in [-0.2, -0.15) is 5.10 Å². The third-order valence-electron chi connectivity index (χ3n) is 3.49. The molecule has 2 aromatic rings. The Hall–Kier alpha value is -2.67. The van der Waals surface area contributed by atoms with Gasteiger partial charge in [-0.1, -0.05) is 12.1 Å². The predicted molar refractivity (Wildman–Crippen MR) is 98.7 cm³/mol. The van der Waals surface area contributed by atoms with Gasteiger partial charge in [0.2, 0.25) is 0 Å². The lowest BCUT2D eigenvalue weighted by molar-refractivity contribution is 0.0526. The van der Waals surface area contributed by atoms with Crippen molar-refractivity contribution in [3.8, 4) is 5.69 Å². The first kappa shape index (κ1) is 17.7. The number of thiocarbonyl (C=S) groups is 1. The van der Waals surface area contributed by atoms with Gasteiger partial charge in [-0.25, -0.2) is 4.79 Å². The Labute approximate surface area is 146 Å². The van der Waals surface area contributed by atoms with Crippen molar-refractivity contribution in [1.29, 1.82) is 0 Å². The second-order valence-electron chi connectivity index (χ2n) is 5.13. The van der Waals surface area contributed by atoms with E-state index in [1.807, 2.05) is 42.7 Å². The minimum atomic E-state index is -0.342. The Morgan fingerprint density at radius 2 is 2.12 bits per heavy atom. The highest BCUT2D eigenvalue weighted by Crippen LogP contribution is 2.23. The van der Waals surface area contributed by atoms with Crippen molar-refractivity contribution in [3.05, 3.63) is 52.8 Å². The number of aryl methyl sites for hydroxylation is 1. The predicted octanol–water partition coefficient (Wildman–Crippen LogP) is 2.44.